The summed E-state index contributed by atoms with van der Waals surface area (Å²) in [6.45, 7) is 0. The summed E-state index contributed by atoms with van der Waals surface area (Å²) in [7, 11) is 0. The highest BCUT2D eigenvalue weighted by Gasteiger charge is 2.11. The van der Waals surface area contributed by atoms with Crippen molar-refractivity contribution in [2.45, 2.75) is 9.92 Å². The van der Waals surface area contributed by atoms with Crippen LogP contribution in [0.5, 0.6) is 0 Å². The third kappa shape index (κ3) is 3.35. The number of nitrogens with zero attached hydrogens (tertiary/aromatic N) is 2. The van der Waals surface area contributed by atoms with Crippen LogP contribution in [-0.4, -0.2) is 9.91 Å². The third-order valence-electron chi connectivity index (χ3n) is 1.98. The van der Waals surface area contributed by atoms with Crippen molar-refractivity contribution < 1.29 is 4.92 Å². The quantitative estimate of drug-likeness (QED) is 0.477. The van der Waals surface area contributed by atoms with E-state index < -0.39 is 4.92 Å². The normalized spacial score (nSPS) is 10.3. The third-order valence-corrected chi connectivity index (χ3v) is 3.32. The van der Waals surface area contributed by atoms with Gasteiger partial charge >= 0.3 is 0 Å². The molecule has 0 bridgehead atoms. The molecule has 1 heterocycles. The minimum Gasteiger partial charge on any atom is -0.258 e. The first-order valence-electron chi connectivity index (χ1n) is 4.80. The van der Waals surface area contributed by atoms with E-state index in [-0.39, 0.29) is 10.8 Å². The van der Waals surface area contributed by atoms with Crippen molar-refractivity contribution in [3.63, 3.8) is 0 Å². The van der Waals surface area contributed by atoms with Crippen molar-refractivity contribution in [2.24, 2.45) is 0 Å². The van der Waals surface area contributed by atoms with E-state index in [4.69, 9.17) is 23.2 Å². The molecule has 4 nitrogen and oxygen atoms in total. The van der Waals surface area contributed by atoms with E-state index in [1.54, 1.807) is 18.2 Å². The number of hydrogen-bond donors (Lipinski definition) is 0. The summed E-state index contributed by atoms with van der Waals surface area (Å²) in [5, 5.41) is 11.8. The Morgan fingerprint density at radius 1 is 1.22 bits per heavy atom. The molecule has 0 amide bonds. The maximum atomic E-state index is 10.7. The highest BCUT2D eigenvalue weighted by Crippen LogP contribution is 2.31. The number of aromatic nitrogens is 1. The number of hydrogen-bond acceptors (Lipinski definition) is 4. The highest BCUT2D eigenvalue weighted by molar-refractivity contribution is 7.99. The van der Waals surface area contributed by atoms with Gasteiger partial charge in [0.15, 0.2) is 0 Å². The lowest BCUT2D eigenvalue weighted by molar-refractivity contribution is -0.385. The zero-order valence-corrected chi connectivity index (χ0v) is 11.2. The molecule has 1 aromatic heterocycles. The van der Waals surface area contributed by atoms with Gasteiger partial charge < -0.3 is 0 Å². The van der Waals surface area contributed by atoms with Crippen LogP contribution in [0.2, 0.25) is 10.2 Å². The Bertz CT molecular complexity index is 607. The van der Waals surface area contributed by atoms with Crippen molar-refractivity contribution in [2.75, 3.05) is 0 Å². The summed E-state index contributed by atoms with van der Waals surface area (Å²) in [5.41, 5.74) is -0.0838. The first kappa shape index (κ1) is 13.1. The van der Waals surface area contributed by atoms with Gasteiger partial charge in [-0.1, -0.05) is 41.0 Å². The van der Waals surface area contributed by atoms with Crippen molar-refractivity contribution in [3.05, 3.63) is 56.7 Å². The average Bonchev–Trinajstić information content (AvgIpc) is 2.28. The van der Waals surface area contributed by atoms with Crippen LogP contribution in [-0.2, 0) is 0 Å². The first-order chi connectivity index (χ1) is 8.54. The fourth-order valence-electron chi connectivity index (χ4n) is 1.27. The van der Waals surface area contributed by atoms with E-state index in [1.165, 1.54) is 23.9 Å². The monoisotopic (exact) mass is 300 g/mol. The van der Waals surface area contributed by atoms with Crippen LogP contribution in [0, 0.1) is 10.1 Å². The van der Waals surface area contributed by atoms with Crippen molar-refractivity contribution in [1.29, 1.82) is 0 Å². The lowest BCUT2D eigenvalue weighted by atomic mass is 10.4. The molecular weight excluding hydrogens is 295 g/mol. The van der Waals surface area contributed by atoms with E-state index in [9.17, 15) is 10.1 Å². The van der Waals surface area contributed by atoms with E-state index >= 15 is 0 Å². The molecule has 0 aliphatic rings. The molecule has 2 aromatic rings. The molecule has 0 saturated heterocycles. The maximum absolute atomic E-state index is 10.7. The topological polar surface area (TPSA) is 56.0 Å². The predicted molar refractivity (Wildman–Crippen MR) is 71.5 cm³/mol. The Balaban J connectivity index is 2.31. The zero-order valence-electron chi connectivity index (χ0n) is 8.84. The molecule has 2 rings (SSSR count). The number of nitro groups is 1. The predicted octanol–water partition coefficient (Wildman–Crippen LogP) is 4.45. The summed E-state index contributed by atoms with van der Waals surface area (Å²) >= 11 is 12.9. The van der Waals surface area contributed by atoms with Crippen molar-refractivity contribution >= 4 is 40.7 Å². The molecule has 92 valence electrons. The fourth-order valence-corrected chi connectivity index (χ4v) is 2.67. The van der Waals surface area contributed by atoms with Crippen LogP contribution in [0.3, 0.4) is 0 Å². The van der Waals surface area contributed by atoms with Gasteiger partial charge in [0.2, 0.25) is 0 Å². The van der Waals surface area contributed by atoms with Crippen molar-refractivity contribution in [3.8, 4) is 0 Å². The molecule has 0 fully saturated rings. The van der Waals surface area contributed by atoms with Gasteiger partial charge in [-0.3, -0.25) is 10.1 Å². The molecule has 0 aliphatic carbocycles. The SMILES string of the molecule is O=[N+]([O-])c1cc(Cl)nc(Sc2cccc(Cl)c2)c1. The summed E-state index contributed by atoms with van der Waals surface area (Å²) in [5.74, 6) is 0. The van der Waals surface area contributed by atoms with E-state index in [0.717, 1.165) is 4.90 Å². The fraction of sp³-hybridized carbons (Fsp3) is 0. The molecule has 0 aliphatic heterocycles. The zero-order chi connectivity index (χ0) is 13.1. The summed E-state index contributed by atoms with van der Waals surface area (Å²) in [4.78, 5) is 15.1. The van der Waals surface area contributed by atoms with Gasteiger partial charge in [0.05, 0.1) is 11.0 Å². The summed E-state index contributed by atoms with van der Waals surface area (Å²) < 4.78 is 0. The second kappa shape index (κ2) is 5.56. The lowest BCUT2D eigenvalue weighted by Crippen LogP contribution is -1.90. The van der Waals surface area contributed by atoms with Gasteiger partial charge in [0, 0.05) is 16.0 Å². The number of rotatable bonds is 3. The Morgan fingerprint density at radius 2 is 2.00 bits per heavy atom. The minimum atomic E-state index is -0.504. The van der Waals surface area contributed by atoms with Gasteiger partial charge in [-0.25, -0.2) is 4.98 Å². The second-order valence-corrected chi connectivity index (χ2v) is 5.22. The minimum absolute atomic E-state index is 0.0838. The average molecular weight is 301 g/mol. The van der Waals surface area contributed by atoms with Gasteiger partial charge in [-0.05, 0) is 18.2 Å². The van der Waals surface area contributed by atoms with E-state index in [1.807, 2.05) is 6.07 Å². The molecule has 0 N–H and O–H groups in total. The molecule has 0 saturated carbocycles. The van der Waals surface area contributed by atoms with Gasteiger partial charge in [0.1, 0.15) is 10.2 Å². The van der Waals surface area contributed by atoms with E-state index in [2.05, 4.69) is 4.98 Å². The Morgan fingerprint density at radius 3 is 2.67 bits per heavy atom. The Labute approximate surface area is 117 Å². The van der Waals surface area contributed by atoms with Crippen LogP contribution in [0.15, 0.2) is 46.3 Å². The molecular formula is C11H6Cl2N2O2S. The van der Waals surface area contributed by atoms with Gasteiger partial charge in [0.25, 0.3) is 5.69 Å². The van der Waals surface area contributed by atoms with Gasteiger partial charge in [-0.15, -0.1) is 0 Å². The molecule has 0 radical (unpaired) electrons. The Hall–Kier alpha value is -1.30. The van der Waals surface area contributed by atoms with Crippen LogP contribution in [0.1, 0.15) is 0 Å². The number of halogens is 2. The first-order valence-corrected chi connectivity index (χ1v) is 6.37. The molecule has 18 heavy (non-hydrogen) atoms. The van der Waals surface area contributed by atoms with Gasteiger partial charge in [-0.2, -0.15) is 0 Å². The van der Waals surface area contributed by atoms with E-state index in [0.29, 0.717) is 10.0 Å². The Kier molecular flexibility index (Phi) is 4.06. The van der Waals surface area contributed by atoms with Crippen LogP contribution in [0.4, 0.5) is 5.69 Å². The van der Waals surface area contributed by atoms with Crippen LogP contribution >= 0.6 is 35.0 Å². The van der Waals surface area contributed by atoms with Crippen molar-refractivity contribution in [1.82, 2.24) is 4.98 Å². The molecule has 1 aromatic carbocycles. The smallest absolute Gasteiger partial charge is 0.258 e. The lowest BCUT2D eigenvalue weighted by Gasteiger charge is -2.02. The number of benzene rings is 1. The van der Waals surface area contributed by atoms with Crippen LogP contribution < -0.4 is 0 Å². The number of pyridine rings is 1. The van der Waals surface area contributed by atoms with Crippen LogP contribution in [0.25, 0.3) is 0 Å². The second-order valence-electron chi connectivity index (χ2n) is 3.30. The molecule has 0 spiro atoms. The summed E-state index contributed by atoms with van der Waals surface area (Å²) in [6.07, 6.45) is 0. The summed E-state index contributed by atoms with van der Waals surface area (Å²) in [6, 6.07) is 9.72. The maximum Gasteiger partial charge on any atom is 0.275 e. The highest BCUT2D eigenvalue weighted by atomic mass is 35.5. The molecule has 7 heteroatoms. The molecule has 0 atom stereocenters. The molecule has 0 unspecified atom stereocenters. The largest absolute Gasteiger partial charge is 0.275 e. The standard InChI is InChI=1S/C11H6Cl2N2O2S/c12-7-2-1-3-9(4-7)18-11-6-8(15(16)17)5-10(13)14-11/h1-6H.